The fourth-order valence-electron chi connectivity index (χ4n) is 2.32. The lowest BCUT2D eigenvalue weighted by Crippen LogP contribution is -2.49. The third-order valence-electron chi connectivity index (χ3n) is 3.55. The molecule has 0 saturated carbocycles. The monoisotopic (exact) mass is 228 g/mol. The first kappa shape index (κ1) is 13.9. The first-order valence-corrected chi connectivity index (χ1v) is 6.58. The lowest BCUT2D eigenvalue weighted by molar-refractivity contribution is 0.0435. The largest absolute Gasteiger partial charge is 0.381 e. The summed E-state index contributed by atoms with van der Waals surface area (Å²) in [4.78, 5) is 0. The molecule has 3 N–H and O–H groups in total. The molecular formula is C13H28N2O. The van der Waals surface area contributed by atoms with Crippen molar-refractivity contribution in [3.63, 3.8) is 0 Å². The third-order valence-corrected chi connectivity index (χ3v) is 3.55. The highest BCUT2D eigenvalue weighted by Crippen LogP contribution is 2.20. The average Bonchev–Trinajstić information content (AvgIpc) is 2.25. The zero-order valence-corrected chi connectivity index (χ0v) is 11.1. The second kappa shape index (κ2) is 6.58. The fraction of sp³-hybridized carbons (Fsp3) is 1.00. The van der Waals surface area contributed by atoms with Crippen LogP contribution in [-0.4, -0.2) is 31.8 Å². The van der Waals surface area contributed by atoms with Gasteiger partial charge in [-0.05, 0) is 51.1 Å². The normalized spacial score (nSPS) is 22.3. The van der Waals surface area contributed by atoms with Gasteiger partial charge in [-0.2, -0.15) is 0 Å². The van der Waals surface area contributed by atoms with Crippen LogP contribution < -0.4 is 11.1 Å². The SMILES string of the molecule is CC(C)CC(CN)CNC1(C)CCOCC1. The van der Waals surface area contributed by atoms with Gasteiger partial charge in [0.05, 0.1) is 0 Å². The van der Waals surface area contributed by atoms with Gasteiger partial charge < -0.3 is 15.8 Å². The molecule has 0 bridgehead atoms. The summed E-state index contributed by atoms with van der Waals surface area (Å²) in [5.74, 6) is 1.34. The molecule has 1 aliphatic rings. The van der Waals surface area contributed by atoms with E-state index < -0.39 is 0 Å². The molecule has 3 heteroatoms. The van der Waals surface area contributed by atoms with Crippen LogP contribution in [0.25, 0.3) is 0 Å². The molecule has 96 valence electrons. The Kier molecular flexibility index (Phi) is 5.73. The molecule has 0 amide bonds. The third kappa shape index (κ3) is 4.81. The molecule has 1 heterocycles. The minimum absolute atomic E-state index is 0.267. The summed E-state index contributed by atoms with van der Waals surface area (Å²) in [6, 6.07) is 0. The molecule has 3 nitrogen and oxygen atoms in total. The van der Waals surface area contributed by atoms with Crippen molar-refractivity contribution in [1.82, 2.24) is 5.32 Å². The van der Waals surface area contributed by atoms with E-state index in [2.05, 4.69) is 26.1 Å². The molecule has 0 aliphatic carbocycles. The summed E-state index contributed by atoms with van der Waals surface area (Å²) in [6.45, 7) is 10.4. The molecule has 0 spiro atoms. The van der Waals surface area contributed by atoms with Gasteiger partial charge >= 0.3 is 0 Å². The van der Waals surface area contributed by atoms with Crippen LogP contribution in [-0.2, 0) is 4.74 Å². The van der Waals surface area contributed by atoms with E-state index in [9.17, 15) is 0 Å². The van der Waals surface area contributed by atoms with Crippen molar-refractivity contribution in [2.45, 2.75) is 45.6 Å². The van der Waals surface area contributed by atoms with Gasteiger partial charge in [0.1, 0.15) is 0 Å². The Balaban J connectivity index is 2.30. The molecule has 1 unspecified atom stereocenters. The molecule has 16 heavy (non-hydrogen) atoms. The number of hydrogen-bond acceptors (Lipinski definition) is 3. The van der Waals surface area contributed by atoms with Crippen molar-refractivity contribution < 1.29 is 4.74 Å². The van der Waals surface area contributed by atoms with Crippen LogP contribution in [0.15, 0.2) is 0 Å². The van der Waals surface area contributed by atoms with Gasteiger partial charge in [-0.1, -0.05) is 13.8 Å². The summed E-state index contributed by atoms with van der Waals surface area (Å²) in [5.41, 5.74) is 6.08. The van der Waals surface area contributed by atoms with Crippen LogP contribution in [0.5, 0.6) is 0 Å². The molecule has 1 fully saturated rings. The van der Waals surface area contributed by atoms with E-state index in [1.165, 1.54) is 6.42 Å². The summed E-state index contributed by atoms with van der Waals surface area (Å²) in [6.07, 6.45) is 3.45. The Bertz CT molecular complexity index is 188. The average molecular weight is 228 g/mol. The molecule has 0 aromatic rings. The van der Waals surface area contributed by atoms with Crippen molar-refractivity contribution in [2.75, 3.05) is 26.3 Å². The van der Waals surface area contributed by atoms with Crippen molar-refractivity contribution in [1.29, 1.82) is 0 Å². The lowest BCUT2D eigenvalue weighted by Gasteiger charge is -2.36. The van der Waals surface area contributed by atoms with E-state index in [4.69, 9.17) is 10.5 Å². The van der Waals surface area contributed by atoms with E-state index >= 15 is 0 Å². The van der Waals surface area contributed by atoms with Crippen LogP contribution in [0.1, 0.15) is 40.0 Å². The molecule has 0 radical (unpaired) electrons. The number of rotatable bonds is 6. The maximum atomic E-state index is 5.82. The Hall–Kier alpha value is -0.120. The number of ether oxygens (including phenoxy) is 1. The van der Waals surface area contributed by atoms with Crippen molar-refractivity contribution in [3.8, 4) is 0 Å². The van der Waals surface area contributed by atoms with E-state index in [0.717, 1.165) is 45.1 Å². The van der Waals surface area contributed by atoms with E-state index in [0.29, 0.717) is 5.92 Å². The summed E-state index contributed by atoms with van der Waals surface area (Å²) in [5, 5.41) is 3.69. The van der Waals surface area contributed by atoms with Crippen LogP contribution in [0.4, 0.5) is 0 Å². The zero-order chi connectivity index (χ0) is 12.0. The van der Waals surface area contributed by atoms with Gasteiger partial charge in [0.25, 0.3) is 0 Å². The van der Waals surface area contributed by atoms with Crippen LogP contribution in [0, 0.1) is 11.8 Å². The quantitative estimate of drug-likeness (QED) is 0.728. The van der Waals surface area contributed by atoms with Crippen molar-refractivity contribution in [3.05, 3.63) is 0 Å². The highest BCUT2D eigenvalue weighted by Gasteiger charge is 2.27. The van der Waals surface area contributed by atoms with Crippen LogP contribution >= 0.6 is 0 Å². The Morgan fingerprint density at radius 2 is 1.94 bits per heavy atom. The maximum Gasteiger partial charge on any atom is 0.0483 e. The van der Waals surface area contributed by atoms with Gasteiger partial charge in [-0.25, -0.2) is 0 Å². The smallest absolute Gasteiger partial charge is 0.0483 e. The first-order valence-electron chi connectivity index (χ1n) is 6.58. The molecular weight excluding hydrogens is 200 g/mol. The number of nitrogens with one attached hydrogen (secondary N) is 1. The van der Waals surface area contributed by atoms with Gasteiger partial charge in [0.2, 0.25) is 0 Å². The Morgan fingerprint density at radius 1 is 1.31 bits per heavy atom. The Morgan fingerprint density at radius 3 is 2.44 bits per heavy atom. The second-order valence-electron chi connectivity index (χ2n) is 5.79. The summed E-state index contributed by atoms with van der Waals surface area (Å²) >= 11 is 0. The minimum Gasteiger partial charge on any atom is -0.381 e. The zero-order valence-electron chi connectivity index (χ0n) is 11.1. The number of nitrogens with two attached hydrogens (primary N) is 1. The molecule has 1 aliphatic heterocycles. The summed E-state index contributed by atoms with van der Waals surface area (Å²) in [7, 11) is 0. The summed E-state index contributed by atoms with van der Waals surface area (Å²) < 4.78 is 5.40. The first-order chi connectivity index (χ1) is 7.56. The maximum absolute atomic E-state index is 5.82. The van der Waals surface area contributed by atoms with Gasteiger partial charge in [-0.15, -0.1) is 0 Å². The van der Waals surface area contributed by atoms with Gasteiger partial charge in [-0.3, -0.25) is 0 Å². The predicted molar refractivity (Wildman–Crippen MR) is 68.5 cm³/mol. The molecule has 1 saturated heterocycles. The van der Waals surface area contributed by atoms with Crippen LogP contribution in [0.3, 0.4) is 0 Å². The van der Waals surface area contributed by atoms with E-state index in [1.54, 1.807) is 0 Å². The molecule has 0 aromatic heterocycles. The minimum atomic E-state index is 0.267. The van der Waals surface area contributed by atoms with Crippen molar-refractivity contribution in [2.24, 2.45) is 17.6 Å². The highest BCUT2D eigenvalue weighted by atomic mass is 16.5. The second-order valence-corrected chi connectivity index (χ2v) is 5.79. The topological polar surface area (TPSA) is 47.3 Å². The Labute approximate surface area is 100 Å². The van der Waals surface area contributed by atoms with Crippen LogP contribution in [0.2, 0.25) is 0 Å². The molecule has 1 atom stereocenters. The fourth-order valence-corrected chi connectivity index (χ4v) is 2.32. The van der Waals surface area contributed by atoms with Crippen molar-refractivity contribution >= 4 is 0 Å². The lowest BCUT2D eigenvalue weighted by atomic mass is 9.90. The number of hydrogen-bond donors (Lipinski definition) is 2. The van der Waals surface area contributed by atoms with Gasteiger partial charge in [0, 0.05) is 18.8 Å². The standard InChI is InChI=1S/C13H28N2O/c1-11(2)8-12(9-14)10-15-13(3)4-6-16-7-5-13/h11-12,15H,4-10,14H2,1-3H3. The van der Waals surface area contributed by atoms with E-state index in [-0.39, 0.29) is 5.54 Å². The predicted octanol–water partition coefficient (Wildman–Crippen LogP) is 1.77. The highest BCUT2D eigenvalue weighted by molar-refractivity contribution is 4.86. The molecule has 0 aromatic carbocycles. The molecule has 1 rings (SSSR count). The van der Waals surface area contributed by atoms with E-state index in [1.807, 2.05) is 0 Å². The van der Waals surface area contributed by atoms with Gasteiger partial charge in [0.15, 0.2) is 0 Å².